The zero-order valence-electron chi connectivity index (χ0n) is 11.3. The molecule has 100 valence electrons. The van der Waals surface area contributed by atoms with Gasteiger partial charge in [-0.25, -0.2) is 9.36 Å². The van der Waals surface area contributed by atoms with E-state index in [1.165, 1.54) is 4.57 Å². The van der Waals surface area contributed by atoms with Gasteiger partial charge < -0.3 is 4.98 Å². The van der Waals surface area contributed by atoms with Crippen LogP contribution in [0.15, 0.2) is 52.1 Å². The van der Waals surface area contributed by atoms with E-state index >= 15 is 0 Å². The fraction of sp³-hybridized carbons (Fsp3) is 0.125. The lowest BCUT2D eigenvalue weighted by Crippen LogP contribution is -2.34. The van der Waals surface area contributed by atoms with Crippen molar-refractivity contribution >= 4 is 10.9 Å². The Bertz CT molecular complexity index is 920. The molecule has 0 saturated carbocycles. The second-order valence-electron chi connectivity index (χ2n) is 4.91. The quantitative estimate of drug-likeness (QED) is 0.734. The van der Waals surface area contributed by atoms with Crippen LogP contribution in [0.2, 0.25) is 0 Å². The molecule has 0 aliphatic heterocycles. The molecule has 0 radical (unpaired) electrons. The standard InChI is InChI=1S/C16H14N2O2/c1-10-7-8-13-12(9-10)15(19)18(16(20)17-13)14-6-4-3-5-11(14)2/h3-9H,1-2H3,(H,17,20). The van der Waals surface area contributed by atoms with Crippen molar-refractivity contribution in [3.63, 3.8) is 0 Å². The maximum Gasteiger partial charge on any atom is 0.333 e. The van der Waals surface area contributed by atoms with Gasteiger partial charge in [-0.1, -0.05) is 29.8 Å². The van der Waals surface area contributed by atoms with Crippen LogP contribution in [0.4, 0.5) is 0 Å². The van der Waals surface area contributed by atoms with Gasteiger partial charge in [0.25, 0.3) is 5.56 Å². The average Bonchev–Trinajstić information content (AvgIpc) is 2.42. The largest absolute Gasteiger partial charge is 0.333 e. The summed E-state index contributed by atoms with van der Waals surface area (Å²) in [6.45, 7) is 3.80. The first-order valence-corrected chi connectivity index (χ1v) is 6.39. The predicted molar refractivity (Wildman–Crippen MR) is 79.6 cm³/mol. The van der Waals surface area contributed by atoms with Gasteiger partial charge in [0.1, 0.15) is 0 Å². The molecule has 3 rings (SSSR count). The number of aromatic nitrogens is 2. The number of hydrogen-bond donors (Lipinski definition) is 1. The molecule has 4 nitrogen and oxygen atoms in total. The molecule has 0 atom stereocenters. The average molecular weight is 266 g/mol. The summed E-state index contributed by atoms with van der Waals surface area (Å²) in [6, 6.07) is 12.8. The van der Waals surface area contributed by atoms with Gasteiger partial charge in [-0.05, 0) is 37.6 Å². The van der Waals surface area contributed by atoms with Gasteiger partial charge in [-0.15, -0.1) is 0 Å². The smallest absolute Gasteiger partial charge is 0.306 e. The Balaban J connectivity index is 2.46. The third-order valence-corrected chi connectivity index (χ3v) is 3.41. The van der Waals surface area contributed by atoms with Gasteiger partial charge in [0.15, 0.2) is 0 Å². The molecule has 1 aromatic heterocycles. The van der Waals surface area contributed by atoms with Crippen LogP contribution in [-0.4, -0.2) is 9.55 Å². The number of para-hydroxylation sites is 1. The highest BCUT2D eigenvalue weighted by Gasteiger charge is 2.10. The normalized spacial score (nSPS) is 10.9. The summed E-state index contributed by atoms with van der Waals surface area (Å²) in [5.41, 5.74) is 2.34. The summed E-state index contributed by atoms with van der Waals surface area (Å²) in [4.78, 5) is 27.6. The number of aromatic amines is 1. The molecule has 2 aromatic carbocycles. The predicted octanol–water partition coefficient (Wildman–Crippen LogP) is 2.30. The van der Waals surface area contributed by atoms with E-state index < -0.39 is 5.69 Å². The van der Waals surface area contributed by atoms with E-state index in [0.717, 1.165) is 11.1 Å². The Morgan fingerprint density at radius 3 is 2.50 bits per heavy atom. The van der Waals surface area contributed by atoms with Gasteiger partial charge in [-0.2, -0.15) is 0 Å². The molecule has 4 heteroatoms. The molecule has 0 fully saturated rings. The lowest BCUT2D eigenvalue weighted by Gasteiger charge is -2.09. The molecule has 0 aliphatic rings. The van der Waals surface area contributed by atoms with Gasteiger partial charge in [0, 0.05) is 0 Å². The van der Waals surface area contributed by atoms with Crippen molar-refractivity contribution in [3.05, 3.63) is 74.4 Å². The van der Waals surface area contributed by atoms with E-state index in [-0.39, 0.29) is 5.56 Å². The van der Waals surface area contributed by atoms with E-state index in [1.807, 2.05) is 38.1 Å². The number of nitrogens with zero attached hydrogens (tertiary/aromatic N) is 1. The van der Waals surface area contributed by atoms with Gasteiger partial charge in [-0.3, -0.25) is 4.79 Å². The van der Waals surface area contributed by atoms with E-state index in [9.17, 15) is 9.59 Å². The Labute approximate surface area is 115 Å². The summed E-state index contributed by atoms with van der Waals surface area (Å²) in [5.74, 6) is 0. The molecule has 0 spiro atoms. The Morgan fingerprint density at radius 2 is 1.75 bits per heavy atom. The molecule has 0 bridgehead atoms. The zero-order chi connectivity index (χ0) is 14.3. The van der Waals surface area contributed by atoms with Crippen LogP contribution in [0.5, 0.6) is 0 Å². The van der Waals surface area contributed by atoms with E-state index in [2.05, 4.69) is 4.98 Å². The van der Waals surface area contributed by atoms with E-state index in [4.69, 9.17) is 0 Å². The van der Waals surface area contributed by atoms with Crippen molar-refractivity contribution in [1.82, 2.24) is 9.55 Å². The number of fused-ring (bicyclic) bond motifs is 1. The highest BCUT2D eigenvalue weighted by molar-refractivity contribution is 5.78. The number of rotatable bonds is 1. The van der Waals surface area contributed by atoms with Crippen LogP contribution in [0.1, 0.15) is 11.1 Å². The maximum atomic E-state index is 12.6. The summed E-state index contributed by atoms with van der Waals surface area (Å²) in [7, 11) is 0. The fourth-order valence-electron chi connectivity index (χ4n) is 2.36. The number of benzene rings is 2. The SMILES string of the molecule is Cc1ccc2[nH]c(=O)n(-c3ccccc3C)c(=O)c2c1. The molecular weight excluding hydrogens is 252 g/mol. The first-order valence-electron chi connectivity index (χ1n) is 6.39. The van der Waals surface area contributed by atoms with E-state index in [0.29, 0.717) is 16.6 Å². The van der Waals surface area contributed by atoms with Gasteiger partial charge in [0.2, 0.25) is 0 Å². The molecule has 1 heterocycles. The van der Waals surface area contributed by atoms with Crippen molar-refractivity contribution in [2.45, 2.75) is 13.8 Å². The van der Waals surface area contributed by atoms with E-state index in [1.54, 1.807) is 18.2 Å². The minimum absolute atomic E-state index is 0.290. The first-order chi connectivity index (χ1) is 9.58. The van der Waals surface area contributed by atoms with Crippen LogP contribution in [0, 0.1) is 13.8 Å². The van der Waals surface area contributed by atoms with Crippen molar-refractivity contribution in [1.29, 1.82) is 0 Å². The van der Waals surface area contributed by atoms with Gasteiger partial charge >= 0.3 is 5.69 Å². The minimum Gasteiger partial charge on any atom is -0.306 e. The first kappa shape index (κ1) is 12.4. The summed E-state index contributed by atoms with van der Waals surface area (Å²) < 4.78 is 1.19. The molecule has 0 unspecified atom stereocenters. The van der Waals surface area contributed by atoms with Crippen LogP contribution in [0.25, 0.3) is 16.6 Å². The molecule has 1 N–H and O–H groups in total. The molecule has 0 saturated heterocycles. The van der Waals surface area contributed by atoms with Crippen molar-refractivity contribution in [2.24, 2.45) is 0 Å². The summed E-state index contributed by atoms with van der Waals surface area (Å²) in [6.07, 6.45) is 0. The number of H-pyrrole nitrogens is 1. The second kappa shape index (κ2) is 4.49. The van der Waals surface area contributed by atoms with Crippen molar-refractivity contribution in [3.8, 4) is 5.69 Å². The molecular formula is C16H14N2O2. The van der Waals surface area contributed by atoms with Crippen LogP contribution in [0.3, 0.4) is 0 Å². The third kappa shape index (κ3) is 1.86. The number of hydrogen-bond acceptors (Lipinski definition) is 2. The highest BCUT2D eigenvalue weighted by Crippen LogP contribution is 2.12. The molecule has 20 heavy (non-hydrogen) atoms. The topological polar surface area (TPSA) is 54.9 Å². The van der Waals surface area contributed by atoms with Crippen LogP contribution >= 0.6 is 0 Å². The Morgan fingerprint density at radius 1 is 1.00 bits per heavy atom. The fourth-order valence-corrected chi connectivity index (χ4v) is 2.36. The van der Waals surface area contributed by atoms with Crippen LogP contribution < -0.4 is 11.2 Å². The second-order valence-corrected chi connectivity index (χ2v) is 4.91. The third-order valence-electron chi connectivity index (χ3n) is 3.41. The lowest BCUT2D eigenvalue weighted by atomic mass is 10.1. The number of aryl methyl sites for hydroxylation is 2. The maximum absolute atomic E-state index is 12.6. The summed E-state index contributed by atoms with van der Waals surface area (Å²) in [5, 5.41) is 0.521. The monoisotopic (exact) mass is 266 g/mol. The molecule has 0 aliphatic carbocycles. The minimum atomic E-state index is -0.416. The molecule has 3 aromatic rings. The zero-order valence-corrected chi connectivity index (χ0v) is 11.3. The Kier molecular flexibility index (Phi) is 2.79. The number of nitrogens with one attached hydrogen (secondary N) is 1. The highest BCUT2D eigenvalue weighted by atomic mass is 16.2. The lowest BCUT2D eigenvalue weighted by molar-refractivity contribution is 0.893. The molecule has 0 amide bonds. The Hall–Kier alpha value is -2.62. The van der Waals surface area contributed by atoms with Gasteiger partial charge in [0.05, 0.1) is 16.6 Å². The van der Waals surface area contributed by atoms with Crippen LogP contribution in [-0.2, 0) is 0 Å². The van der Waals surface area contributed by atoms with Crippen molar-refractivity contribution in [2.75, 3.05) is 0 Å². The van der Waals surface area contributed by atoms with Crippen molar-refractivity contribution < 1.29 is 0 Å². The summed E-state index contributed by atoms with van der Waals surface area (Å²) >= 11 is 0.